The van der Waals surface area contributed by atoms with Crippen molar-refractivity contribution in [2.24, 2.45) is 0 Å². The summed E-state index contributed by atoms with van der Waals surface area (Å²) in [5, 5.41) is 6.07. The zero-order valence-corrected chi connectivity index (χ0v) is 21.5. The normalized spacial score (nSPS) is 24.9. The van der Waals surface area contributed by atoms with Crippen molar-refractivity contribution in [2.75, 3.05) is 38.2 Å². The second-order valence-corrected chi connectivity index (χ2v) is 10.4. The minimum Gasteiger partial charge on any atom is -0.380 e. The maximum atomic E-state index is 13.6. The number of anilines is 1. The zero-order chi connectivity index (χ0) is 27.9. The van der Waals surface area contributed by atoms with E-state index in [1.807, 2.05) is 0 Å². The van der Waals surface area contributed by atoms with Crippen LogP contribution in [0.1, 0.15) is 35.6 Å². The first-order valence-corrected chi connectivity index (χ1v) is 13.2. The average Bonchev–Trinajstić information content (AvgIpc) is 3.68. The van der Waals surface area contributed by atoms with Gasteiger partial charge in [-0.3, -0.25) is 9.69 Å². The Balaban J connectivity index is 1.14. The smallest absolute Gasteiger partial charge is 0.380 e. The Kier molecular flexibility index (Phi) is 7.27. The number of ether oxygens (including phenoxy) is 2. The van der Waals surface area contributed by atoms with Gasteiger partial charge in [-0.25, -0.2) is 15.0 Å². The molecule has 1 aliphatic carbocycles. The van der Waals surface area contributed by atoms with Crippen LogP contribution in [0.4, 0.5) is 23.4 Å². The Morgan fingerprint density at radius 2 is 2.02 bits per heavy atom. The van der Waals surface area contributed by atoms with Crippen molar-refractivity contribution in [3.8, 4) is 0 Å². The lowest BCUT2D eigenvalue weighted by atomic mass is 10.1. The molecule has 0 bridgehead atoms. The van der Waals surface area contributed by atoms with Crippen molar-refractivity contribution in [2.45, 2.75) is 49.7 Å². The molecular formula is C27H28F4N6O3. The number of halogens is 4. The van der Waals surface area contributed by atoms with Crippen molar-refractivity contribution >= 4 is 22.6 Å². The number of pyridine rings is 1. The van der Waals surface area contributed by atoms with Gasteiger partial charge in [-0.05, 0) is 49.1 Å². The van der Waals surface area contributed by atoms with Crippen LogP contribution in [-0.2, 0) is 26.9 Å². The van der Waals surface area contributed by atoms with Crippen LogP contribution in [0.2, 0.25) is 0 Å². The van der Waals surface area contributed by atoms with E-state index < -0.39 is 17.7 Å². The van der Waals surface area contributed by atoms with Crippen molar-refractivity contribution in [3.63, 3.8) is 0 Å². The van der Waals surface area contributed by atoms with E-state index >= 15 is 0 Å². The first-order valence-electron chi connectivity index (χ1n) is 13.2. The summed E-state index contributed by atoms with van der Waals surface area (Å²) in [6.45, 7) is 2.27. The van der Waals surface area contributed by atoms with E-state index in [2.05, 4.69) is 30.5 Å². The first-order chi connectivity index (χ1) is 19.2. The van der Waals surface area contributed by atoms with Crippen molar-refractivity contribution in [3.05, 3.63) is 59.4 Å². The van der Waals surface area contributed by atoms with E-state index in [4.69, 9.17) is 9.47 Å². The van der Waals surface area contributed by atoms with Gasteiger partial charge >= 0.3 is 6.18 Å². The Morgan fingerprint density at radius 3 is 2.83 bits per heavy atom. The summed E-state index contributed by atoms with van der Waals surface area (Å²) in [7, 11) is 0. The fraction of sp³-hybridized carbons (Fsp3) is 0.481. The van der Waals surface area contributed by atoms with Crippen LogP contribution in [0.15, 0.2) is 36.8 Å². The number of nitrogens with one attached hydrogen (secondary N) is 2. The van der Waals surface area contributed by atoms with Crippen LogP contribution in [0.5, 0.6) is 0 Å². The molecule has 0 saturated carbocycles. The third-order valence-corrected chi connectivity index (χ3v) is 7.79. The van der Waals surface area contributed by atoms with Crippen LogP contribution >= 0.6 is 0 Å². The summed E-state index contributed by atoms with van der Waals surface area (Å²) in [5.74, 6) is -0.730. The van der Waals surface area contributed by atoms with Gasteiger partial charge in [0.25, 0.3) is 0 Å². The van der Waals surface area contributed by atoms with Crippen LogP contribution in [0, 0.1) is 5.95 Å². The lowest BCUT2D eigenvalue weighted by molar-refractivity contribution is -0.137. The van der Waals surface area contributed by atoms with Crippen molar-refractivity contribution < 1.29 is 31.8 Å². The minimum atomic E-state index is -4.52. The minimum absolute atomic E-state index is 0.137. The van der Waals surface area contributed by atoms with E-state index in [1.54, 1.807) is 0 Å². The topological polar surface area (TPSA) is 102 Å². The number of hydrogen-bond donors (Lipinski definition) is 2. The van der Waals surface area contributed by atoms with Crippen molar-refractivity contribution in [1.29, 1.82) is 0 Å². The summed E-state index contributed by atoms with van der Waals surface area (Å²) >= 11 is 0. The summed E-state index contributed by atoms with van der Waals surface area (Å²) in [4.78, 5) is 27.2. The summed E-state index contributed by atoms with van der Waals surface area (Å²) < 4.78 is 65.4. The quantitative estimate of drug-likeness (QED) is 0.336. The van der Waals surface area contributed by atoms with Gasteiger partial charge in [0.2, 0.25) is 11.9 Å². The monoisotopic (exact) mass is 560 g/mol. The number of aryl methyl sites for hydroxylation is 1. The highest BCUT2D eigenvalue weighted by Crippen LogP contribution is 2.36. The van der Waals surface area contributed by atoms with E-state index in [1.165, 1.54) is 24.7 Å². The van der Waals surface area contributed by atoms with E-state index in [0.29, 0.717) is 44.7 Å². The number of likely N-dealkylation sites (tertiary alicyclic amines) is 1. The number of amides is 1. The van der Waals surface area contributed by atoms with Gasteiger partial charge in [0.05, 0.1) is 42.5 Å². The van der Waals surface area contributed by atoms with Crippen LogP contribution < -0.4 is 10.6 Å². The standard InChI is InChI=1S/C27H28F4N6O3/c28-24-7-15-1-4-22(19(15)9-32-24)40-23-12-37(17-5-6-39-13-17)11-21(23)36-25(38)10-33-26-18-8-16(27(29,30)31)2-3-20(18)34-14-35-26/h2-3,7-9,14,17,21-23H,1,4-6,10-13H2,(H,36,38)(H,33,34,35)/t17?,21?,22?,23-/m0/s1. The summed E-state index contributed by atoms with van der Waals surface area (Å²) in [6.07, 6.45) is -0.0451. The van der Waals surface area contributed by atoms with E-state index in [9.17, 15) is 22.4 Å². The summed E-state index contributed by atoms with van der Waals surface area (Å²) in [5.41, 5.74) is 1.25. The van der Waals surface area contributed by atoms with E-state index in [0.717, 1.165) is 29.7 Å². The highest BCUT2D eigenvalue weighted by Gasteiger charge is 2.41. The van der Waals surface area contributed by atoms with Crippen LogP contribution in [0.3, 0.4) is 0 Å². The van der Waals surface area contributed by atoms with Gasteiger partial charge in [0, 0.05) is 42.9 Å². The maximum Gasteiger partial charge on any atom is 0.416 e. The Hall–Kier alpha value is -3.42. The molecule has 6 rings (SSSR count). The number of rotatable bonds is 7. The number of carbonyl (C=O) groups excluding carboxylic acids is 1. The molecule has 9 nitrogen and oxygen atoms in total. The lowest BCUT2D eigenvalue weighted by Gasteiger charge is -2.24. The molecule has 212 valence electrons. The van der Waals surface area contributed by atoms with Gasteiger partial charge in [0.1, 0.15) is 12.1 Å². The van der Waals surface area contributed by atoms with Gasteiger partial charge in [-0.15, -0.1) is 0 Å². The maximum absolute atomic E-state index is 13.6. The molecule has 2 saturated heterocycles. The predicted octanol–water partition coefficient (Wildman–Crippen LogP) is 3.26. The third kappa shape index (κ3) is 5.58. The Labute approximate surface area is 227 Å². The van der Waals surface area contributed by atoms with Gasteiger partial charge in [-0.1, -0.05) is 0 Å². The molecule has 3 aliphatic rings. The molecule has 1 amide bonds. The molecule has 2 aromatic heterocycles. The second-order valence-electron chi connectivity index (χ2n) is 10.4. The number of alkyl halides is 3. The average molecular weight is 561 g/mol. The molecule has 0 spiro atoms. The molecule has 2 aliphatic heterocycles. The molecule has 3 unspecified atom stereocenters. The van der Waals surface area contributed by atoms with E-state index in [-0.39, 0.29) is 47.9 Å². The first kappa shape index (κ1) is 26.8. The molecule has 2 fully saturated rings. The fourth-order valence-electron chi connectivity index (χ4n) is 5.76. The number of benzene rings is 1. The van der Waals surface area contributed by atoms with Crippen LogP contribution in [-0.4, -0.2) is 76.8 Å². The molecule has 3 aromatic rings. The Morgan fingerprint density at radius 1 is 1.15 bits per heavy atom. The molecule has 2 N–H and O–H groups in total. The molecule has 4 atom stereocenters. The number of nitrogens with zero attached hydrogens (tertiary/aromatic N) is 4. The fourth-order valence-corrected chi connectivity index (χ4v) is 5.76. The van der Waals surface area contributed by atoms with Gasteiger partial charge in [0.15, 0.2) is 0 Å². The number of hydrogen-bond acceptors (Lipinski definition) is 8. The summed E-state index contributed by atoms with van der Waals surface area (Å²) in [6, 6.07) is 4.55. The highest BCUT2D eigenvalue weighted by atomic mass is 19.4. The molecular weight excluding hydrogens is 532 g/mol. The second kappa shape index (κ2) is 10.9. The predicted molar refractivity (Wildman–Crippen MR) is 136 cm³/mol. The van der Waals surface area contributed by atoms with Gasteiger partial charge < -0.3 is 20.1 Å². The van der Waals surface area contributed by atoms with Gasteiger partial charge in [-0.2, -0.15) is 17.6 Å². The zero-order valence-electron chi connectivity index (χ0n) is 21.5. The number of fused-ring (bicyclic) bond motifs is 2. The number of carbonyl (C=O) groups is 1. The number of aromatic nitrogens is 3. The van der Waals surface area contributed by atoms with Crippen molar-refractivity contribution in [1.82, 2.24) is 25.2 Å². The van der Waals surface area contributed by atoms with Crippen LogP contribution in [0.25, 0.3) is 10.9 Å². The third-order valence-electron chi connectivity index (χ3n) is 7.79. The molecule has 4 heterocycles. The molecule has 40 heavy (non-hydrogen) atoms. The highest BCUT2D eigenvalue weighted by molar-refractivity contribution is 5.91. The largest absolute Gasteiger partial charge is 0.416 e. The Bertz CT molecular complexity index is 1400. The molecule has 1 aromatic carbocycles. The lowest BCUT2D eigenvalue weighted by Crippen LogP contribution is -2.46. The molecule has 0 radical (unpaired) electrons. The SMILES string of the molecule is O=C(CNc1ncnc2ccc(C(F)(F)F)cc12)NC1CN(C2CCOC2)C[C@@H]1OC1CCc2cc(F)ncc21. The molecule has 13 heteroatoms.